The molecule has 1 heterocycles. The second kappa shape index (κ2) is 4.57. The monoisotopic (exact) mass is 211 g/mol. The molecule has 1 aliphatic rings. The number of aliphatic hydroxyl groups excluding tert-OH is 1. The predicted molar refractivity (Wildman–Crippen MR) is 56.0 cm³/mol. The van der Waals surface area contributed by atoms with Gasteiger partial charge in [-0.05, 0) is 18.3 Å². The van der Waals surface area contributed by atoms with Crippen LogP contribution >= 0.6 is 0 Å². The van der Waals surface area contributed by atoms with Crippen molar-refractivity contribution in [3.63, 3.8) is 0 Å². The van der Waals surface area contributed by atoms with Crippen molar-refractivity contribution >= 4 is 11.8 Å². The maximum atomic E-state index is 11.3. The lowest BCUT2D eigenvalue weighted by Gasteiger charge is -2.28. The molecule has 4 heteroatoms. The first kappa shape index (κ1) is 11.9. The molecule has 4 nitrogen and oxygen atoms in total. The van der Waals surface area contributed by atoms with E-state index in [0.29, 0.717) is 13.0 Å². The molecule has 0 spiro atoms. The van der Waals surface area contributed by atoms with Crippen LogP contribution in [0.2, 0.25) is 0 Å². The van der Waals surface area contributed by atoms with E-state index in [-0.39, 0.29) is 23.8 Å². The summed E-state index contributed by atoms with van der Waals surface area (Å²) < 4.78 is 0. The molecule has 0 saturated carbocycles. The van der Waals surface area contributed by atoms with Crippen molar-refractivity contribution in [1.82, 2.24) is 4.90 Å². The molecule has 0 aromatic rings. The average molecular weight is 211 g/mol. The first-order valence-corrected chi connectivity index (χ1v) is 5.11. The van der Waals surface area contributed by atoms with E-state index < -0.39 is 0 Å². The standard InChI is InChI=1S/C11H17NO3/c1-11(2,6-3-7-13)8-12-9(14)4-5-10(12)15/h4-5,13H,3,6-8H2,1-2H3. The highest BCUT2D eigenvalue weighted by Crippen LogP contribution is 2.24. The van der Waals surface area contributed by atoms with Gasteiger partial charge in [-0.1, -0.05) is 13.8 Å². The lowest BCUT2D eigenvalue weighted by atomic mass is 9.87. The lowest BCUT2D eigenvalue weighted by molar-refractivity contribution is -0.138. The highest BCUT2D eigenvalue weighted by molar-refractivity contribution is 6.12. The van der Waals surface area contributed by atoms with Crippen molar-refractivity contribution in [1.29, 1.82) is 0 Å². The minimum Gasteiger partial charge on any atom is -0.396 e. The van der Waals surface area contributed by atoms with Gasteiger partial charge in [0, 0.05) is 25.3 Å². The number of nitrogens with zero attached hydrogens (tertiary/aromatic N) is 1. The summed E-state index contributed by atoms with van der Waals surface area (Å²) in [4.78, 5) is 23.9. The van der Waals surface area contributed by atoms with E-state index in [1.807, 2.05) is 13.8 Å². The summed E-state index contributed by atoms with van der Waals surface area (Å²) in [5.74, 6) is -0.478. The quantitative estimate of drug-likeness (QED) is 0.681. The van der Waals surface area contributed by atoms with Gasteiger partial charge in [-0.15, -0.1) is 0 Å². The van der Waals surface area contributed by atoms with Gasteiger partial charge in [0.1, 0.15) is 0 Å². The van der Waals surface area contributed by atoms with Crippen LogP contribution in [0.1, 0.15) is 26.7 Å². The second-order valence-electron chi connectivity index (χ2n) is 4.59. The molecule has 0 aliphatic carbocycles. The summed E-state index contributed by atoms with van der Waals surface area (Å²) in [7, 11) is 0. The van der Waals surface area contributed by atoms with Crippen molar-refractivity contribution in [2.45, 2.75) is 26.7 Å². The molecule has 2 amide bonds. The number of carbonyl (C=O) groups excluding carboxylic acids is 2. The minimum absolute atomic E-state index is 0.139. The third-order valence-corrected chi connectivity index (χ3v) is 2.50. The van der Waals surface area contributed by atoms with Crippen LogP contribution in [0.5, 0.6) is 0 Å². The Bertz CT molecular complexity index is 276. The minimum atomic E-state index is -0.239. The Hall–Kier alpha value is -1.16. The second-order valence-corrected chi connectivity index (χ2v) is 4.59. The number of hydrogen-bond acceptors (Lipinski definition) is 3. The van der Waals surface area contributed by atoms with E-state index in [0.717, 1.165) is 6.42 Å². The van der Waals surface area contributed by atoms with Gasteiger partial charge in [0.2, 0.25) is 0 Å². The maximum Gasteiger partial charge on any atom is 0.253 e. The van der Waals surface area contributed by atoms with Gasteiger partial charge in [-0.2, -0.15) is 0 Å². The molecular weight excluding hydrogens is 194 g/mol. The van der Waals surface area contributed by atoms with Crippen molar-refractivity contribution in [2.75, 3.05) is 13.2 Å². The lowest BCUT2D eigenvalue weighted by Crippen LogP contribution is -2.38. The van der Waals surface area contributed by atoms with Crippen LogP contribution < -0.4 is 0 Å². The fourth-order valence-electron chi connectivity index (χ4n) is 1.65. The molecule has 0 unspecified atom stereocenters. The van der Waals surface area contributed by atoms with Crippen LogP contribution in [0, 0.1) is 5.41 Å². The molecule has 0 saturated heterocycles. The van der Waals surface area contributed by atoms with Gasteiger partial charge >= 0.3 is 0 Å². The van der Waals surface area contributed by atoms with Gasteiger partial charge in [-0.25, -0.2) is 0 Å². The van der Waals surface area contributed by atoms with Crippen LogP contribution in [0.15, 0.2) is 12.2 Å². The molecule has 0 bridgehead atoms. The fraction of sp³-hybridized carbons (Fsp3) is 0.636. The van der Waals surface area contributed by atoms with Crippen LogP contribution in [-0.4, -0.2) is 35.0 Å². The third-order valence-electron chi connectivity index (χ3n) is 2.50. The maximum absolute atomic E-state index is 11.3. The van der Waals surface area contributed by atoms with Gasteiger partial charge in [0.25, 0.3) is 11.8 Å². The van der Waals surface area contributed by atoms with E-state index in [1.54, 1.807) is 0 Å². The molecule has 0 atom stereocenters. The highest BCUT2D eigenvalue weighted by Gasteiger charge is 2.29. The van der Waals surface area contributed by atoms with Gasteiger partial charge in [0.05, 0.1) is 0 Å². The molecule has 1 N–H and O–H groups in total. The summed E-state index contributed by atoms with van der Waals surface area (Å²) >= 11 is 0. The zero-order valence-corrected chi connectivity index (χ0v) is 9.19. The number of amides is 2. The topological polar surface area (TPSA) is 57.6 Å². The molecule has 0 aromatic heterocycles. The molecule has 0 aromatic carbocycles. The molecule has 0 radical (unpaired) electrons. The Kier molecular flexibility index (Phi) is 3.63. The largest absolute Gasteiger partial charge is 0.396 e. The summed E-state index contributed by atoms with van der Waals surface area (Å²) in [6, 6.07) is 0. The van der Waals surface area contributed by atoms with Crippen molar-refractivity contribution in [2.24, 2.45) is 5.41 Å². The Balaban J connectivity index is 2.53. The normalized spacial score (nSPS) is 16.6. The summed E-state index contributed by atoms with van der Waals surface area (Å²) in [5.41, 5.74) is -0.139. The molecule has 1 aliphatic heterocycles. The van der Waals surface area contributed by atoms with E-state index in [2.05, 4.69) is 0 Å². The first-order chi connectivity index (χ1) is 6.96. The molecule has 84 valence electrons. The van der Waals surface area contributed by atoms with Gasteiger partial charge < -0.3 is 5.11 Å². The Morgan fingerprint density at radius 1 is 1.27 bits per heavy atom. The van der Waals surface area contributed by atoms with E-state index in [9.17, 15) is 9.59 Å². The zero-order valence-electron chi connectivity index (χ0n) is 9.19. The van der Waals surface area contributed by atoms with Crippen molar-refractivity contribution in [3.8, 4) is 0 Å². The first-order valence-electron chi connectivity index (χ1n) is 5.11. The van der Waals surface area contributed by atoms with E-state index in [4.69, 9.17) is 5.11 Å². The molecular formula is C11H17NO3. The van der Waals surface area contributed by atoms with Crippen LogP contribution in [0.25, 0.3) is 0 Å². The summed E-state index contributed by atoms with van der Waals surface area (Å²) in [5, 5.41) is 8.73. The molecule has 1 rings (SSSR count). The molecule has 0 fully saturated rings. The Morgan fingerprint density at radius 3 is 2.27 bits per heavy atom. The number of aliphatic hydroxyl groups is 1. The SMILES string of the molecule is CC(C)(CCCO)CN1C(=O)C=CC1=O. The summed E-state index contributed by atoms with van der Waals surface area (Å²) in [6.45, 7) is 4.53. The van der Waals surface area contributed by atoms with Gasteiger partial charge in [0.15, 0.2) is 0 Å². The van der Waals surface area contributed by atoms with Crippen LogP contribution in [0.4, 0.5) is 0 Å². The van der Waals surface area contributed by atoms with Crippen molar-refractivity contribution in [3.05, 3.63) is 12.2 Å². The summed E-state index contributed by atoms with van der Waals surface area (Å²) in [6.07, 6.45) is 4.08. The fourth-order valence-corrected chi connectivity index (χ4v) is 1.65. The van der Waals surface area contributed by atoms with Gasteiger partial charge in [-0.3, -0.25) is 14.5 Å². The number of imide groups is 1. The number of carbonyl (C=O) groups is 2. The van der Waals surface area contributed by atoms with Crippen molar-refractivity contribution < 1.29 is 14.7 Å². The third kappa shape index (κ3) is 3.16. The van der Waals surface area contributed by atoms with E-state index in [1.165, 1.54) is 17.1 Å². The number of hydrogen-bond donors (Lipinski definition) is 1. The molecule has 15 heavy (non-hydrogen) atoms. The average Bonchev–Trinajstić information content (AvgIpc) is 2.46. The van der Waals surface area contributed by atoms with Crippen LogP contribution in [0.3, 0.4) is 0 Å². The Labute approximate surface area is 89.6 Å². The highest BCUT2D eigenvalue weighted by atomic mass is 16.3. The smallest absolute Gasteiger partial charge is 0.253 e. The number of rotatable bonds is 5. The zero-order chi connectivity index (χ0) is 11.5. The van der Waals surface area contributed by atoms with E-state index >= 15 is 0 Å². The van der Waals surface area contributed by atoms with Crippen LogP contribution in [-0.2, 0) is 9.59 Å². The Morgan fingerprint density at radius 2 is 1.80 bits per heavy atom. The predicted octanol–water partition coefficient (Wildman–Crippen LogP) is 0.710.